The molecule has 4 heterocycles. The van der Waals surface area contributed by atoms with Gasteiger partial charge in [-0.2, -0.15) is 0 Å². The third-order valence-electron chi connectivity index (χ3n) is 8.28. The van der Waals surface area contributed by atoms with E-state index in [9.17, 15) is 23.2 Å². The number of carbonyl (C=O) groups is 2. The quantitative estimate of drug-likeness (QED) is 0.316. The van der Waals surface area contributed by atoms with E-state index in [2.05, 4.69) is 15.3 Å². The molecular weight excluding hydrogens is 580 g/mol. The smallest absolute Gasteiger partial charge is 0.333 e. The molecule has 1 saturated heterocycles. The number of benzene rings is 1. The van der Waals surface area contributed by atoms with Crippen LogP contribution in [0, 0.1) is 5.92 Å². The van der Waals surface area contributed by atoms with Gasteiger partial charge >= 0.3 is 11.7 Å². The average molecular weight is 610 g/mol. The molecule has 2 fully saturated rings. The highest BCUT2D eigenvalue weighted by molar-refractivity contribution is 6.30. The summed E-state index contributed by atoms with van der Waals surface area (Å²) >= 11 is 5.91. The van der Waals surface area contributed by atoms with Gasteiger partial charge in [0, 0.05) is 38.9 Å². The number of pyridine rings is 2. The van der Waals surface area contributed by atoms with Crippen LogP contribution in [0.1, 0.15) is 48.2 Å². The molecule has 1 saturated carbocycles. The lowest BCUT2D eigenvalue weighted by Crippen LogP contribution is -2.39. The number of aromatic nitrogens is 4. The van der Waals surface area contributed by atoms with Gasteiger partial charge in [0.15, 0.2) is 0 Å². The van der Waals surface area contributed by atoms with Gasteiger partial charge in [0.1, 0.15) is 11.5 Å². The minimum absolute atomic E-state index is 0.109. The van der Waals surface area contributed by atoms with Crippen LogP contribution in [0.25, 0.3) is 16.7 Å². The number of alkyl halides is 2. The second kappa shape index (κ2) is 11.8. The first-order valence-electron chi connectivity index (χ1n) is 14.1. The van der Waals surface area contributed by atoms with Gasteiger partial charge in [-0.05, 0) is 61.9 Å². The third kappa shape index (κ3) is 5.58. The van der Waals surface area contributed by atoms with Crippen molar-refractivity contribution in [3.63, 3.8) is 0 Å². The fraction of sp³-hybridized carbons (Fsp3) is 0.367. The zero-order valence-electron chi connectivity index (χ0n) is 23.4. The second-order valence-corrected chi connectivity index (χ2v) is 11.5. The lowest BCUT2D eigenvalue weighted by atomic mass is 9.85. The Labute approximate surface area is 250 Å². The van der Waals surface area contributed by atoms with E-state index < -0.39 is 18.0 Å². The van der Waals surface area contributed by atoms with Crippen molar-refractivity contribution in [1.82, 2.24) is 29.3 Å². The number of likely N-dealkylation sites (N-methyl/N-ethyl adjacent to an activating group) is 1. The zero-order chi connectivity index (χ0) is 30.2. The van der Waals surface area contributed by atoms with Gasteiger partial charge < -0.3 is 10.2 Å². The summed E-state index contributed by atoms with van der Waals surface area (Å²) in [6, 6.07) is 12.1. The third-order valence-corrected chi connectivity index (χ3v) is 8.49. The number of nitrogens with zero attached hydrogens (tertiary/aromatic N) is 6. The van der Waals surface area contributed by atoms with E-state index in [0.29, 0.717) is 44.0 Å². The van der Waals surface area contributed by atoms with E-state index in [1.54, 1.807) is 44.3 Å². The van der Waals surface area contributed by atoms with Gasteiger partial charge in [-0.1, -0.05) is 23.7 Å². The fourth-order valence-electron chi connectivity index (χ4n) is 5.98. The van der Waals surface area contributed by atoms with E-state index >= 15 is 0 Å². The molecule has 4 aromatic rings. The number of amides is 3. The van der Waals surface area contributed by atoms with Crippen molar-refractivity contribution in [1.29, 1.82) is 0 Å². The molecule has 3 aromatic heterocycles. The summed E-state index contributed by atoms with van der Waals surface area (Å²) in [4.78, 5) is 50.3. The summed E-state index contributed by atoms with van der Waals surface area (Å²) in [7, 11) is 1.75. The highest BCUT2D eigenvalue weighted by Gasteiger charge is 2.29. The number of urea groups is 1. The van der Waals surface area contributed by atoms with Crippen LogP contribution < -0.4 is 15.9 Å². The first-order chi connectivity index (χ1) is 20.7. The molecule has 0 radical (unpaired) electrons. The summed E-state index contributed by atoms with van der Waals surface area (Å²) in [6.07, 6.45) is 2.63. The molecule has 0 atom stereocenters. The van der Waals surface area contributed by atoms with E-state index in [0.717, 1.165) is 30.1 Å². The molecule has 0 bridgehead atoms. The van der Waals surface area contributed by atoms with Crippen LogP contribution in [0.3, 0.4) is 0 Å². The summed E-state index contributed by atoms with van der Waals surface area (Å²) < 4.78 is 30.2. The number of rotatable bonds is 7. The first kappa shape index (κ1) is 28.8. The number of anilines is 1. The molecule has 2 aliphatic rings. The molecule has 1 aliphatic heterocycles. The number of fused-ring (bicyclic) bond motifs is 1. The SMILES string of the molecule is CN1CCN(c2ccc(-n3c(=O)n(CC4CCC(NC(=O)c5cc(Cl)cnc5C(F)F)CC4)c4ccccc43)cn2)C1=O. The highest BCUT2D eigenvalue weighted by Crippen LogP contribution is 2.29. The van der Waals surface area contributed by atoms with Crippen LogP contribution >= 0.6 is 11.6 Å². The Kier molecular flexibility index (Phi) is 7.87. The maximum atomic E-state index is 13.8. The molecule has 10 nitrogen and oxygen atoms in total. The van der Waals surface area contributed by atoms with Gasteiger partial charge in [0.2, 0.25) is 0 Å². The maximum Gasteiger partial charge on any atom is 0.333 e. The number of halogens is 3. The Bertz CT molecular complexity index is 1730. The van der Waals surface area contributed by atoms with Gasteiger partial charge in [0.25, 0.3) is 12.3 Å². The molecule has 1 N–H and O–H groups in total. The van der Waals surface area contributed by atoms with E-state index in [-0.39, 0.29) is 34.3 Å². The van der Waals surface area contributed by atoms with Crippen molar-refractivity contribution in [2.24, 2.45) is 5.92 Å². The summed E-state index contributed by atoms with van der Waals surface area (Å²) in [5, 5.41) is 2.98. The number of imidazole rings is 1. The maximum absolute atomic E-state index is 13.8. The minimum Gasteiger partial charge on any atom is -0.349 e. The van der Waals surface area contributed by atoms with E-state index in [4.69, 9.17) is 11.6 Å². The van der Waals surface area contributed by atoms with Gasteiger partial charge in [-0.25, -0.2) is 23.4 Å². The van der Waals surface area contributed by atoms with Crippen molar-refractivity contribution in [2.75, 3.05) is 25.0 Å². The Hall–Kier alpha value is -4.32. The number of nitrogens with one attached hydrogen (secondary N) is 1. The van der Waals surface area contributed by atoms with Crippen LogP contribution in [0.2, 0.25) is 5.02 Å². The van der Waals surface area contributed by atoms with Gasteiger partial charge in [-0.3, -0.25) is 23.8 Å². The number of hydrogen-bond acceptors (Lipinski definition) is 5. The Morgan fingerprint density at radius 2 is 1.77 bits per heavy atom. The summed E-state index contributed by atoms with van der Waals surface area (Å²) in [5.41, 5.74) is 1.17. The topological polar surface area (TPSA) is 105 Å². The predicted molar refractivity (Wildman–Crippen MR) is 158 cm³/mol. The summed E-state index contributed by atoms with van der Waals surface area (Å²) in [5.74, 6) is 0.109. The molecular formula is C30H30ClF2N7O3. The number of carbonyl (C=O) groups excluding carboxylic acids is 2. The molecule has 1 aromatic carbocycles. The first-order valence-corrected chi connectivity index (χ1v) is 14.5. The average Bonchev–Trinajstić information content (AvgIpc) is 3.48. The van der Waals surface area contributed by atoms with Crippen molar-refractivity contribution < 1.29 is 18.4 Å². The Morgan fingerprint density at radius 3 is 2.42 bits per heavy atom. The monoisotopic (exact) mass is 609 g/mol. The van der Waals surface area contributed by atoms with E-state index in [1.807, 2.05) is 24.3 Å². The highest BCUT2D eigenvalue weighted by atomic mass is 35.5. The number of para-hydroxylation sites is 2. The van der Waals surface area contributed by atoms with Crippen molar-refractivity contribution in [3.8, 4) is 5.69 Å². The largest absolute Gasteiger partial charge is 0.349 e. The molecule has 43 heavy (non-hydrogen) atoms. The summed E-state index contributed by atoms with van der Waals surface area (Å²) in [6.45, 7) is 1.69. The van der Waals surface area contributed by atoms with Gasteiger partial charge in [0.05, 0.1) is 33.5 Å². The lowest BCUT2D eigenvalue weighted by molar-refractivity contribution is 0.0904. The van der Waals surface area contributed by atoms with Crippen LogP contribution in [-0.4, -0.2) is 62.1 Å². The molecule has 224 valence electrons. The zero-order valence-corrected chi connectivity index (χ0v) is 24.2. The molecule has 0 unspecified atom stereocenters. The molecule has 0 spiro atoms. The van der Waals surface area contributed by atoms with Crippen molar-refractivity contribution in [3.05, 3.63) is 81.6 Å². The second-order valence-electron chi connectivity index (χ2n) is 11.0. The van der Waals surface area contributed by atoms with Crippen LogP contribution in [0.4, 0.5) is 19.4 Å². The number of hydrogen-bond donors (Lipinski definition) is 1. The van der Waals surface area contributed by atoms with Crippen molar-refractivity contribution >= 4 is 40.4 Å². The van der Waals surface area contributed by atoms with E-state index in [1.165, 1.54) is 6.07 Å². The molecule has 1 aliphatic carbocycles. The normalized spacial score (nSPS) is 19.0. The molecule has 3 amide bonds. The Balaban J connectivity index is 1.16. The van der Waals surface area contributed by atoms with Crippen LogP contribution in [0.15, 0.2) is 59.7 Å². The minimum atomic E-state index is -2.89. The van der Waals surface area contributed by atoms with Crippen LogP contribution in [-0.2, 0) is 6.54 Å². The van der Waals surface area contributed by atoms with Gasteiger partial charge in [-0.15, -0.1) is 0 Å². The lowest BCUT2D eigenvalue weighted by Gasteiger charge is -2.29. The molecule has 13 heteroatoms. The molecule has 6 rings (SSSR count). The van der Waals surface area contributed by atoms with Crippen LogP contribution in [0.5, 0.6) is 0 Å². The predicted octanol–water partition coefficient (Wildman–Crippen LogP) is 5.03. The standard InChI is InChI=1S/C30H30ClF2N7O3/c1-37-12-13-38(29(37)42)25-11-10-21(16-34-25)40-24-5-3-2-4-23(24)39(30(40)43)17-18-6-8-20(9-7-18)36-28(41)22-14-19(31)15-35-26(22)27(32)33/h2-5,10-11,14-16,18,20,27H,6-9,12-13,17H2,1H3,(H,36,41). The van der Waals surface area contributed by atoms with Crippen molar-refractivity contribution in [2.45, 2.75) is 44.7 Å². The Morgan fingerprint density at radius 1 is 1.02 bits per heavy atom. The fourth-order valence-corrected chi connectivity index (χ4v) is 6.14.